The molecular weight excluding hydrogens is 147 g/mol. The van der Waals surface area contributed by atoms with E-state index in [0.29, 0.717) is 0 Å². The van der Waals surface area contributed by atoms with Crippen molar-refractivity contribution in [2.24, 2.45) is 0 Å². The molecule has 0 aliphatic carbocycles. The molecule has 1 fully saturated rings. The molecular formula is C3H6O2Se. The molecule has 0 saturated carbocycles. The van der Waals surface area contributed by atoms with Crippen LogP contribution in [0.3, 0.4) is 0 Å². The van der Waals surface area contributed by atoms with Crippen LogP contribution in [0.1, 0.15) is 6.42 Å². The molecule has 0 N–H and O–H groups in total. The molecule has 1 saturated heterocycles. The van der Waals surface area contributed by atoms with Gasteiger partial charge in [-0.1, -0.05) is 0 Å². The van der Waals surface area contributed by atoms with E-state index < -0.39 is 14.2 Å². The van der Waals surface area contributed by atoms with Crippen LogP contribution < -0.4 is 0 Å². The van der Waals surface area contributed by atoms with Crippen molar-refractivity contribution in [3.63, 3.8) is 0 Å². The number of rotatable bonds is 0. The standard InChI is InChI=1S/C3H6O2Se/c4-6-3-1-2-5-6/h1-3H2. The fourth-order valence-electron chi connectivity index (χ4n) is 0.388. The third-order valence-electron chi connectivity index (χ3n) is 0.670. The van der Waals surface area contributed by atoms with Crippen LogP contribution in [0.2, 0.25) is 5.32 Å². The fraction of sp³-hybridized carbons (Fsp3) is 1.00. The summed E-state index contributed by atoms with van der Waals surface area (Å²) in [6, 6.07) is 0. The Balaban J connectivity index is 2.37. The van der Waals surface area contributed by atoms with E-state index in [1.807, 2.05) is 0 Å². The van der Waals surface area contributed by atoms with Gasteiger partial charge in [0.25, 0.3) is 0 Å². The Morgan fingerprint density at radius 3 is 2.67 bits per heavy atom. The first-order valence-electron chi connectivity index (χ1n) is 1.91. The molecule has 0 aromatic heterocycles. The minimum atomic E-state index is -1.69. The first-order valence-corrected chi connectivity index (χ1v) is 4.52. The molecule has 36 valence electrons. The van der Waals surface area contributed by atoms with Gasteiger partial charge in [-0.25, -0.2) is 0 Å². The second-order valence-corrected chi connectivity index (χ2v) is 3.81. The summed E-state index contributed by atoms with van der Waals surface area (Å²) in [4.78, 5) is 0. The van der Waals surface area contributed by atoms with Gasteiger partial charge >= 0.3 is 40.2 Å². The van der Waals surface area contributed by atoms with Crippen molar-refractivity contribution >= 4 is 14.2 Å². The van der Waals surface area contributed by atoms with E-state index in [9.17, 15) is 3.83 Å². The monoisotopic (exact) mass is 154 g/mol. The van der Waals surface area contributed by atoms with Crippen molar-refractivity contribution in [3.8, 4) is 0 Å². The Morgan fingerprint density at radius 2 is 2.50 bits per heavy atom. The van der Waals surface area contributed by atoms with Crippen LogP contribution in [-0.2, 0) is 7.65 Å². The van der Waals surface area contributed by atoms with E-state index in [0.717, 1.165) is 18.3 Å². The molecule has 0 aromatic carbocycles. The third-order valence-corrected chi connectivity index (χ3v) is 2.88. The summed E-state index contributed by atoms with van der Waals surface area (Å²) >= 11 is -1.69. The van der Waals surface area contributed by atoms with Crippen LogP contribution in [-0.4, -0.2) is 20.8 Å². The normalized spacial score (nSPS) is 34.3. The van der Waals surface area contributed by atoms with E-state index in [1.165, 1.54) is 0 Å². The van der Waals surface area contributed by atoms with Gasteiger partial charge in [0, 0.05) is 0 Å². The summed E-state index contributed by atoms with van der Waals surface area (Å²) in [5.74, 6) is 0. The van der Waals surface area contributed by atoms with E-state index >= 15 is 0 Å². The molecule has 0 aromatic rings. The van der Waals surface area contributed by atoms with Crippen molar-refractivity contribution in [2.75, 3.05) is 6.61 Å². The molecule has 6 heavy (non-hydrogen) atoms. The molecule has 0 radical (unpaired) electrons. The van der Waals surface area contributed by atoms with Gasteiger partial charge in [-0.2, -0.15) is 0 Å². The van der Waals surface area contributed by atoms with Crippen LogP contribution in [0.15, 0.2) is 0 Å². The van der Waals surface area contributed by atoms with Gasteiger partial charge in [0.2, 0.25) is 0 Å². The van der Waals surface area contributed by atoms with Crippen LogP contribution in [0.5, 0.6) is 0 Å². The molecule has 0 bridgehead atoms. The molecule has 1 rings (SSSR count). The Kier molecular flexibility index (Phi) is 1.35. The van der Waals surface area contributed by atoms with Crippen molar-refractivity contribution in [3.05, 3.63) is 0 Å². The predicted molar refractivity (Wildman–Crippen MR) is 21.8 cm³/mol. The summed E-state index contributed by atoms with van der Waals surface area (Å²) in [7, 11) is 0. The fourth-order valence-corrected chi connectivity index (χ4v) is 2.01. The molecule has 3 heteroatoms. The van der Waals surface area contributed by atoms with Gasteiger partial charge in [-0.3, -0.25) is 0 Å². The van der Waals surface area contributed by atoms with Gasteiger partial charge < -0.3 is 0 Å². The van der Waals surface area contributed by atoms with Gasteiger partial charge in [0.1, 0.15) is 0 Å². The maximum atomic E-state index is 10.2. The second-order valence-electron chi connectivity index (χ2n) is 1.18. The van der Waals surface area contributed by atoms with E-state index in [1.54, 1.807) is 0 Å². The van der Waals surface area contributed by atoms with Gasteiger partial charge in [-0.15, -0.1) is 0 Å². The van der Waals surface area contributed by atoms with Crippen LogP contribution >= 0.6 is 0 Å². The van der Waals surface area contributed by atoms with Crippen LogP contribution in [0.25, 0.3) is 0 Å². The Hall–Kier alpha value is 0.279. The molecule has 1 heterocycles. The van der Waals surface area contributed by atoms with Gasteiger partial charge in [0.15, 0.2) is 0 Å². The zero-order chi connectivity index (χ0) is 4.41. The zero-order valence-corrected chi connectivity index (χ0v) is 5.06. The summed E-state index contributed by atoms with van der Waals surface area (Å²) < 4.78 is 15.0. The van der Waals surface area contributed by atoms with Crippen LogP contribution in [0.4, 0.5) is 0 Å². The zero-order valence-electron chi connectivity index (χ0n) is 3.35. The number of hydrogen-bond donors (Lipinski definition) is 0. The molecule has 1 unspecified atom stereocenters. The molecule has 1 aliphatic heterocycles. The first kappa shape index (κ1) is 4.44. The molecule has 2 nitrogen and oxygen atoms in total. The first-order chi connectivity index (χ1) is 2.89. The van der Waals surface area contributed by atoms with Crippen molar-refractivity contribution in [1.29, 1.82) is 0 Å². The molecule has 0 amide bonds. The van der Waals surface area contributed by atoms with Crippen molar-refractivity contribution in [2.45, 2.75) is 11.7 Å². The second kappa shape index (κ2) is 1.82. The average Bonchev–Trinajstić information content (AvgIpc) is 1.86. The van der Waals surface area contributed by atoms with Gasteiger partial charge in [0.05, 0.1) is 0 Å². The maximum absolute atomic E-state index is 10.2. The third kappa shape index (κ3) is 0.869. The Morgan fingerprint density at radius 1 is 1.67 bits per heavy atom. The van der Waals surface area contributed by atoms with Crippen molar-refractivity contribution in [1.82, 2.24) is 0 Å². The van der Waals surface area contributed by atoms with Crippen molar-refractivity contribution < 1.29 is 7.65 Å². The molecule has 1 atom stereocenters. The summed E-state index contributed by atoms with van der Waals surface area (Å²) in [5, 5.41) is 0.833. The Labute approximate surface area is 40.9 Å². The van der Waals surface area contributed by atoms with Crippen LogP contribution in [0, 0.1) is 0 Å². The number of hydrogen-bond acceptors (Lipinski definition) is 2. The molecule has 1 aliphatic rings. The van der Waals surface area contributed by atoms with E-state index in [-0.39, 0.29) is 0 Å². The summed E-state index contributed by atoms with van der Waals surface area (Å²) in [6.45, 7) is 0.730. The summed E-state index contributed by atoms with van der Waals surface area (Å²) in [6.07, 6.45) is 1.01. The SMILES string of the molecule is O=[Se]1CCCO1. The minimum absolute atomic E-state index is 0.730. The van der Waals surface area contributed by atoms with E-state index in [4.69, 9.17) is 3.82 Å². The molecule has 0 spiro atoms. The average molecular weight is 153 g/mol. The van der Waals surface area contributed by atoms with Gasteiger partial charge in [-0.05, 0) is 0 Å². The topological polar surface area (TPSA) is 26.3 Å². The predicted octanol–water partition coefficient (Wildman–Crippen LogP) is 0.325. The Bertz CT molecular complexity index is 63.2. The quantitative estimate of drug-likeness (QED) is 0.468. The van der Waals surface area contributed by atoms with E-state index in [2.05, 4.69) is 0 Å². The summed E-state index contributed by atoms with van der Waals surface area (Å²) in [5.41, 5.74) is 0.